The minimum Gasteiger partial charge on any atom is -0.292 e. The molecule has 0 saturated carbocycles. The smallest absolute Gasteiger partial charge is 0.181 e. The zero-order chi connectivity index (χ0) is 13.7. The number of nitrogens with zero attached hydrogens (tertiary/aromatic N) is 1. The Morgan fingerprint density at radius 1 is 1.16 bits per heavy atom. The van der Waals surface area contributed by atoms with Crippen LogP contribution >= 0.6 is 0 Å². The molecular formula is C17H21NO. The van der Waals surface area contributed by atoms with Crippen molar-refractivity contribution in [3.05, 3.63) is 41.6 Å². The third kappa shape index (κ3) is 3.40. The number of fused-ring (bicyclic) bond motifs is 1. The molecule has 1 aromatic heterocycles. The summed E-state index contributed by atoms with van der Waals surface area (Å²) in [4.78, 5) is 16.6. The first-order valence-corrected chi connectivity index (χ1v) is 7.12. The van der Waals surface area contributed by atoms with Gasteiger partial charge in [-0.15, -0.1) is 0 Å². The average Bonchev–Trinajstić information content (AvgIpc) is 2.43. The predicted octanol–water partition coefficient (Wildman–Crippen LogP) is 4.70. The minimum atomic E-state index is 0.171. The molecule has 0 spiro atoms. The van der Waals surface area contributed by atoms with Crippen molar-refractivity contribution in [3.63, 3.8) is 0 Å². The van der Waals surface area contributed by atoms with Crippen LogP contribution in [0.1, 0.15) is 55.1 Å². The minimum absolute atomic E-state index is 0.171. The van der Waals surface area contributed by atoms with Gasteiger partial charge in [0.05, 0.1) is 5.52 Å². The summed E-state index contributed by atoms with van der Waals surface area (Å²) in [5.41, 5.74) is 2.66. The van der Waals surface area contributed by atoms with Crippen molar-refractivity contribution in [2.24, 2.45) is 0 Å². The molecule has 0 aliphatic carbocycles. The van der Waals surface area contributed by atoms with Crippen LogP contribution in [0.2, 0.25) is 0 Å². The SMILES string of the molecule is CCCCCCC(=O)c1cc(C)c2ccccc2n1. The number of rotatable bonds is 6. The van der Waals surface area contributed by atoms with E-state index in [2.05, 4.69) is 11.9 Å². The second-order valence-corrected chi connectivity index (χ2v) is 5.08. The number of aryl methyl sites for hydroxylation is 1. The molecule has 0 atom stereocenters. The number of carbonyl (C=O) groups excluding carboxylic acids is 1. The van der Waals surface area contributed by atoms with Crippen LogP contribution in [-0.2, 0) is 0 Å². The molecule has 0 aliphatic heterocycles. The average molecular weight is 255 g/mol. The Labute approximate surface area is 114 Å². The summed E-state index contributed by atoms with van der Waals surface area (Å²) < 4.78 is 0. The van der Waals surface area contributed by atoms with Crippen molar-refractivity contribution in [1.82, 2.24) is 4.98 Å². The van der Waals surface area contributed by atoms with E-state index in [1.54, 1.807) is 0 Å². The van der Waals surface area contributed by atoms with Gasteiger partial charge in [0, 0.05) is 11.8 Å². The normalized spacial score (nSPS) is 10.8. The van der Waals surface area contributed by atoms with Gasteiger partial charge in [0.1, 0.15) is 5.69 Å². The molecule has 19 heavy (non-hydrogen) atoms. The summed E-state index contributed by atoms with van der Waals surface area (Å²) in [6.07, 6.45) is 5.12. The van der Waals surface area contributed by atoms with Crippen molar-refractivity contribution >= 4 is 16.7 Å². The Morgan fingerprint density at radius 2 is 1.95 bits per heavy atom. The lowest BCUT2D eigenvalue weighted by atomic mass is 10.0. The van der Waals surface area contributed by atoms with Crippen LogP contribution in [-0.4, -0.2) is 10.8 Å². The van der Waals surface area contributed by atoms with Crippen molar-refractivity contribution in [2.45, 2.75) is 46.0 Å². The quantitative estimate of drug-likeness (QED) is 0.553. The summed E-state index contributed by atoms with van der Waals surface area (Å²) in [6.45, 7) is 4.22. The van der Waals surface area contributed by atoms with Gasteiger partial charge in [0.15, 0.2) is 5.78 Å². The summed E-state index contributed by atoms with van der Waals surface area (Å²) in [6, 6.07) is 9.90. The summed E-state index contributed by atoms with van der Waals surface area (Å²) in [5, 5.41) is 1.13. The van der Waals surface area contributed by atoms with Gasteiger partial charge in [-0.3, -0.25) is 4.79 Å². The fourth-order valence-electron chi connectivity index (χ4n) is 2.33. The van der Waals surface area contributed by atoms with E-state index in [9.17, 15) is 4.79 Å². The van der Waals surface area contributed by atoms with Gasteiger partial charge in [0.25, 0.3) is 0 Å². The fourth-order valence-corrected chi connectivity index (χ4v) is 2.33. The van der Waals surface area contributed by atoms with Gasteiger partial charge in [-0.25, -0.2) is 4.98 Å². The second-order valence-electron chi connectivity index (χ2n) is 5.08. The van der Waals surface area contributed by atoms with Gasteiger partial charge < -0.3 is 0 Å². The molecular weight excluding hydrogens is 234 g/mol. The monoisotopic (exact) mass is 255 g/mol. The maximum absolute atomic E-state index is 12.1. The van der Waals surface area contributed by atoms with E-state index in [0.29, 0.717) is 12.1 Å². The Balaban J connectivity index is 2.14. The molecule has 2 heteroatoms. The third-order valence-electron chi connectivity index (χ3n) is 3.47. The summed E-state index contributed by atoms with van der Waals surface area (Å²) >= 11 is 0. The Morgan fingerprint density at radius 3 is 2.74 bits per heavy atom. The third-order valence-corrected chi connectivity index (χ3v) is 3.47. The first-order valence-electron chi connectivity index (χ1n) is 7.12. The number of benzene rings is 1. The number of pyridine rings is 1. The maximum Gasteiger partial charge on any atom is 0.181 e. The van der Waals surface area contributed by atoms with E-state index in [-0.39, 0.29) is 5.78 Å². The topological polar surface area (TPSA) is 30.0 Å². The Kier molecular flexibility index (Phi) is 4.67. The molecule has 2 aromatic rings. The highest BCUT2D eigenvalue weighted by Crippen LogP contribution is 2.18. The molecule has 0 radical (unpaired) electrons. The highest BCUT2D eigenvalue weighted by molar-refractivity contribution is 5.97. The van der Waals surface area contributed by atoms with Crippen molar-refractivity contribution in [1.29, 1.82) is 0 Å². The zero-order valence-corrected chi connectivity index (χ0v) is 11.8. The standard InChI is InChI=1S/C17H21NO/c1-3-4-5-6-11-17(19)16-12-13(2)14-9-7-8-10-15(14)18-16/h7-10,12H,3-6,11H2,1-2H3. The van der Waals surface area contributed by atoms with E-state index >= 15 is 0 Å². The van der Waals surface area contributed by atoms with Crippen LogP contribution in [0.25, 0.3) is 10.9 Å². The number of ketones is 1. The second kappa shape index (κ2) is 6.46. The van der Waals surface area contributed by atoms with Crippen molar-refractivity contribution < 1.29 is 4.79 Å². The van der Waals surface area contributed by atoms with E-state index in [4.69, 9.17) is 0 Å². The van der Waals surface area contributed by atoms with Gasteiger partial charge in [0.2, 0.25) is 0 Å². The van der Waals surface area contributed by atoms with Crippen LogP contribution in [0.15, 0.2) is 30.3 Å². The maximum atomic E-state index is 12.1. The molecule has 0 N–H and O–H groups in total. The highest BCUT2D eigenvalue weighted by Gasteiger charge is 2.09. The lowest BCUT2D eigenvalue weighted by molar-refractivity contribution is 0.0974. The zero-order valence-electron chi connectivity index (χ0n) is 11.8. The number of carbonyl (C=O) groups is 1. The molecule has 100 valence electrons. The number of Topliss-reactive ketones (excluding diaryl/α,β-unsaturated/α-hetero) is 1. The lowest BCUT2D eigenvalue weighted by Crippen LogP contribution is -2.03. The van der Waals surface area contributed by atoms with Gasteiger partial charge in [-0.2, -0.15) is 0 Å². The molecule has 1 heterocycles. The molecule has 2 rings (SSSR count). The molecule has 2 nitrogen and oxygen atoms in total. The van der Waals surface area contributed by atoms with Crippen LogP contribution in [0, 0.1) is 6.92 Å². The van der Waals surface area contributed by atoms with Crippen LogP contribution in [0.4, 0.5) is 0 Å². The Hall–Kier alpha value is -1.70. The molecule has 0 fully saturated rings. The predicted molar refractivity (Wildman–Crippen MR) is 79.6 cm³/mol. The number of hydrogen-bond donors (Lipinski definition) is 0. The number of unbranched alkanes of at least 4 members (excludes halogenated alkanes) is 3. The van der Waals surface area contributed by atoms with E-state index in [1.165, 1.54) is 12.8 Å². The number of aromatic nitrogens is 1. The van der Waals surface area contributed by atoms with Gasteiger partial charge >= 0.3 is 0 Å². The number of hydrogen-bond acceptors (Lipinski definition) is 2. The molecule has 0 unspecified atom stereocenters. The largest absolute Gasteiger partial charge is 0.292 e. The molecule has 0 amide bonds. The fraction of sp³-hybridized carbons (Fsp3) is 0.412. The van der Waals surface area contributed by atoms with E-state index in [0.717, 1.165) is 29.3 Å². The van der Waals surface area contributed by atoms with Crippen molar-refractivity contribution in [2.75, 3.05) is 0 Å². The van der Waals surface area contributed by atoms with Crippen LogP contribution in [0.3, 0.4) is 0 Å². The van der Waals surface area contributed by atoms with E-state index < -0.39 is 0 Å². The first-order chi connectivity index (χ1) is 9.22. The molecule has 0 saturated heterocycles. The molecule has 0 bridgehead atoms. The number of para-hydroxylation sites is 1. The van der Waals surface area contributed by atoms with Crippen molar-refractivity contribution in [3.8, 4) is 0 Å². The van der Waals surface area contributed by atoms with Gasteiger partial charge in [-0.05, 0) is 31.0 Å². The summed E-state index contributed by atoms with van der Waals surface area (Å²) in [5.74, 6) is 0.171. The van der Waals surface area contributed by atoms with Crippen LogP contribution < -0.4 is 0 Å². The molecule has 1 aromatic carbocycles. The first kappa shape index (κ1) is 13.7. The lowest BCUT2D eigenvalue weighted by Gasteiger charge is -2.05. The van der Waals surface area contributed by atoms with Crippen LogP contribution in [0.5, 0.6) is 0 Å². The Bertz CT molecular complexity index is 574. The molecule has 0 aliphatic rings. The summed E-state index contributed by atoms with van der Waals surface area (Å²) in [7, 11) is 0. The highest BCUT2D eigenvalue weighted by atomic mass is 16.1. The van der Waals surface area contributed by atoms with Gasteiger partial charge in [-0.1, -0.05) is 44.4 Å². The van der Waals surface area contributed by atoms with E-state index in [1.807, 2.05) is 37.3 Å².